The van der Waals surface area contributed by atoms with Crippen molar-refractivity contribution in [3.63, 3.8) is 0 Å². The minimum absolute atomic E-state index is 0.195. The lowest BCUT2D eigenvalue weighted by Gasteiger charge is -2.29. The maximum absolute atomic E-state index is 5.00. The zero-order valence-electron chi connectivity index (χ0n) is 13.3. The molecular formula is C21H20N2. The SMILES string of the molecule is CCc1ccc(C2=NC3C=CC=CC3N2c2ccccc2)cc1. The van der Waals surface area contributed by atoms with Crippen LogP contribution < -0.4 is 4.90 Å². The van der Waals surface area contributed by atoms with Crippen LogP contribution in [-0.4, -0.2) is 17.9 Å². The average Bonchev–Trinajstić information content (AvgIpc) is 3.02. The van der Waals surface area contributed by atoms with Crippen molar-refractivity contribution < 1.29 is 0 Å². The average molecular weight is 300 g/mol. The minimum Gasteiger partial charge on any atom is -0.317 e. The Bertz CT molecular complexity index is 769. The topological polar surface area (TPSA) is 15.6 Å². The molecule has 2 heteroatoms. The Balaban J connectivity index is 1.78. The number of para-hydroxylation sites is 1. The number of anilines is 1. The Hall–Kier alpha value is -2.61. The second-order valence-corrected chi connectivity index (χ2v) is 5.96. The number of hydrogen-bond donors (Lipinski definition) is 0. The van der Waals surface area contributed by atoms with Crippen LogP contribution in [0.3, 0.4) is 0 Å². The quantitative estimate of drug-likeness (QED) is 0.821. The largest absolute Gasteiger partial charge is 0.317 e. The van der Waals surface area contributed by atoms with E-state index < -0.39 is 0 Å². The fourth-order valence-electron chi connectivity index (χ4n) is 3.27. The molecule has 0 aromatic heterocycles. The molecule has 2 aliphatic rings. The molecule has 2 atom stereocenters. The van der Waals surface area contributed by atoms with Crippen LogP contribution in [-0.2, 0) is 6.42 Å². The molecule has 0 bridgehead atoms. The van der Waals surface area contributed by atoms with Crippen LogP contribution in [0.15, 0.2) is 83.9 Å². The zero-order valence-corrected chi connectivity index (χ0v) is 13.3. The van der Waals surface area contributed by atoms with E-state index >= 15 is 0 Å². The fourth-order valence-corrected chi connectivity index (χ4v) is 3.27. The van der Waals surface area contributed by atoms with Crippen LogP contribution in [0.5, 0.6) is 0 Å². The van der Waals surface area contributed by atoms with E-state index in [0.717, 1.165) is 12.3 Å². The normalized spacial score (nSPS) is 22.1. The van der Waals surface area contributed by atoms with Gasteiger partial charge in [-0.05, 0) is 24.1 Å². The summed E-state index contributed by atoms with van der Waals surface area (Å²) in [7, 11) is 0. The second kappa shape index (κ2) is 5.88. The smallest absolute Gasteiger partial charge is 0.136 e. The molecule has 4 rings (SSSR count). The van der Waals surface area contributed by atoms with Gasteiger partial charge in [0.2, 0.25) is 0 Å². The summed E-state index contributed by atoms with van der Waals surface area (Å²) < 4.78 is 0. The number of allylic oxidation sites excluding steroid dienone is 2. The first-order chi connectivity index (χ1) is 11.4. The lowest BCUT2D eigenvalue weighted by Crippen LogP contribution is -2.39. The van der Waals surface area contributed by atoms with Crippen LogP contribution in [0.1, 0.15) is 18.1 Å². The van der Waals surface area contributed by atoms with Crippen molar-refractivity contribution in [3.8, 4) is 0 Å². The highest BCUT2D eigenvalue weighted by atomic mass is 15.3. The number of amidine groups is 1. The summed E-state index contributed by atoms with van der Waals surface area (Å²) in [6, 6.07) is 19.8. The molecule has 1 aliphatic carbocycles. The summed E-state index contributed by atoms with van der Waals surface area (Å²) in [5.74, 6) is 1.06. The van der Waals surface area contributed by atoms with Gasteiger partial charge in [0.25, 0.3) is 0 Å². The molecule has 0 N–H and O–H groups in total. The highest BCUT2D eigenvalue weighted by Crippen LogP contribution is 2.31. The maximum atomic E-state index is 5.00. The highest BCUT2D eigenvalue weighted by Gasteiger charge is 2.35. The zero-order chi connectivity index (χ0) is 15.6. The number of aliphatic imine (C=N–C) groups is 1. The van der Waals surface area contributed by atoms with Crippen LogP contribution >= 0.6 is 0 Å². The Morgan fingerprint density at radius 1 is 0.913 bits per heavy atom. The Labute approximate surface area is 137 Å². The molecule has 23 heavy (non-hydrogen) atoms. The molecule has 0 amide bonds. The number of rotatable bonds is 3. The van der Waals surface area contributed by atoms with Crippen molar-refractivity contribution in [1.29, 1.82) is 0 Å². The third-order valence-electron chi connectivity index (χ3n) is 4.53. The predicted octanol–water partition coefficient (Wildman–Crippen LogP) is 4.38. The van der Waals surface area contributed by atoms with Gasteiger partial charge < -0.3 is 4.90 Å². The van der Waals surface area contributed by atoms with Gasteiger partial charge in [0.05, 0.1) is 12.1 Å². The van der Waals surface area contributed by atoms with Gasteiger partial charge in [-0.2, -0.15) is 0 Å². The molecular weight excluding hydrogens is 280 g/mol. The molecule has 0 fully saturated rings. The van der Waals surface area contributed by atoms with Gasteiger partial charge in [-0.3, -0.25) is 4.99 Å². The lowest BCUT2D eigenvalue weighted by atomic mass is 10.0. The van der Waals surface area contributed by atoms with Crippen molar-refractivity contribution in [2.45, 2.75) is 25.4 Å². The lowest BCUT2D eigenvalue weighted by molar-refractivity contribution is 0.739. The van der Waals surface area contributed by atoms with Crippen molar-refractivity contribution in [3.05, 3.63) is 90.0 Å². The van der Waals surface area contributed by atoms with Gasteiger partial charge in [-0.25, -0.2) is 0 Å². The third-order valence-corrected chi connectivity index (χ3v) is 4.53. The van der Waals surface area contributed by atoms with Gasteiger partial charge in [-0.1, -0.05) is 73.7 Å². The molecule has 2 aromatic rings. The second-order valence-electron chi connectivity index (χ2n) is 5.96. The molecule has 2 aromatic carbocycles. The van der Waals surface area contributed by atoms with Crippen molar-refractivity contribution >= 4 is 11.5 Å². The van der Waals surface area contributed by atoms with E-state index in [1.165, 1.54) is 16.8 Å². The predicted molar refractivity (Wildman–Crippen MR) is 97.1 cm³/mol. The van der Waals surface area contributed by atoms with Crippen LogP contribution in [0.2, 0.25) is 0 Å². The first kappa shape index (κ1) is 14.0. The molecule has 0 saturated carbocycles. The van der Waals surface area contributed by atoms with Crippen molar-refractivity contribution in [1.82, 2.24) is 0 Å². The van der Waals surface area contributed by atoms with Crippen LogP contribution in [0.4, 0.5) is 5.69 Å². The van der Waals surface area contributed by atoms with Gasteiger partial charge in [-0.15, -0.1) is 0 Å². The van der Waals surface area contributed by atoms with Crippen LogP contribution in [0.25, 0.3) is 0 Å². The summed E-state index contributed by atoms with van der Waals surface area (Å²) in [6.07, 6.45) is 9.71. The van der Waals surface area contributed by atoms with E-state index in [1.807, 2.05) is 0 Å². The maximum Gasteiger partial charge on any atom is 0.136 e. The molecule has 0 spiro atoms. The van der Waals surface area contributed by atoms with Crippen LogP contribution in [0, 0.1) is 0 Å². The molecule has 2 unspecified atom stereocenters. The van der Waals surface area contributed by atoms with Gasteiger partial charge in [0.1, 0.15) is 5.84 Å². The summed E-state index contributed by atoms with van der Waals surface area (Å²) in [5, 5.41) is 0. The highest BCUT2D eigenvalue weighted by molar-refractivity contribution is 6.12. The molecule has 2 nitrogen and oxygen atoms in total. The first-order valence-electron chi connectivity index (χ1n) is 8.23. The first-order valence-corrected chi connectivity index (χ1v) is 8.23. The summed E-state index contributed by atoms with van der Waals surface area (Å²) >= 11 is 0. The van der Waals surface area contributed by atoms with Crippen molar-refractivity contribution in [2.75, 3.05) is 4.90 Å². The summed E-state index contributed by atoms with van der Waals surface area (Å²) in [5.41, 5.74) is 3.73. The number of hydrogen-bond acceptors (Lipinski definition) is 2. The summed E-state index contributed by atoms with van der Waals surface area (Å²) in [4.78, 5) is 7.35. The standard InChI is InChI=1S/C21H20N2/c1-2-16-12-14-17(15-13-16)21-22-19-10-6-7-11-20(19)23(21)18-8-4-3-5-9-18/h3-15,19-20H,2H2,1H3. The number of aryl methyl sites for hydroxylation is 1. The van der Waals surface area contributed by atoms with E-state index in [4.69, 9.17) is 4.99 Å². The molecule has 0 radical (unpaired) electrons. The Morgan fingerprint density at radius 3 is 2.39 bits per heavy atom. The monoisotopic (exact) mass is 300 g/mol. The van der Waals surface area contributed by atoms with Gasteiger partial charge in [0.15, 0.2) is 0 Å². The molecule has 0 saturated heterocycles. The van der Waals surface area contributed by atoms with E-state index in [1.54, 1.807) is 0 Å². The van der Waals surface area contributed by atoms with E-state index in [2.05, 4.69) is 90.7 Å². The molecule has 1 heterocycles. The fraction of sp³-hybridized carbons (Fsp3) is 0.190. The van der Waals surface area contributed by atoms with Gasteiger partial charge >= 0.3 is 0 Å². The number of fused-ring (bicyclic) bond motifs is 1. The van der Waals surface area contributed by atoms with Gasteiger partial charge in [0, 0.05) is 11.3 Å². The van der Waals surface area contributed by atoms with Crippen molar-refractivity contribution in [2.24, 2.45) is 4.99 Å². The minimum atomic E-state index is 0.195. The molecule has 1 aliphatic heterocycles. The molecule has 114 valence electrons. The number of nitrogens with zero attached hydrogens (tertiary/aromatic N) is 2. The number of benzene rings is 2. The third kappa shape index (κ3) is 2.50. The Kier molecular flexibility index (Phi) is 3.58. The van der Waals surface area contributed by atoms with E-state index in [0.29, 0.717) is 0 Å². The summed E-state index contributed by atoms with van der Waals surface area (Å²) in [6.45, 7) is 2.18. The van der Waals surface area contributed by atoms with E-state index in [-0.39, 0.29) is 12.1 Å². The van der Waals surface area contributed by atoms with E-state index in [9.17, 15) is 0 Å². The Morgan fingerprint density at radius 2 is 1.65 bits per heavy atom.